The second-order valence-corrected chi connectivity index (χ2v) is 6.54. The summed E-state index contributed by atoms with van der Waals surface area (Å²) in [4.78, 5) is 12.5. The molecule has 2 aromatic heterocycles. The molecule has 0 spiro atoms. The highest BCUT2D eigenvalue weighted by Gasteiger charge is 2.53. The molecule has 9 heteroatoms. The zero-order chi connectivity index (χ0) is 17.7. The Morgan fingerprint density at radius 2 is 1.85 bits per heavy atom. The van der Waals surface area contributed by atoms with Crippen LogP contribution in [0.5, 0.6) is 0 Å². The summed E-state index contributed by atoms with van der Waals surface area (Å²) in [5.74, 6) is 0. The van der Waals surface area contributed by atoms with Crippen molar-refractivity contribution in [2.75, 3.05) is 6.61 Å². The number of aromatic nitrogens is 4. The molecule has 0 unspecified atom stereocenters. The van der Waals surface area contributed by atoms with E-state index in [0.29, 0.717) is 11.2 Å². The molecular formula is C17H15ClN4O4. The third-order valence-electron chi connectivity index (χ3n) is 4.69. The summed E-state index contributed by atoms with van der Waals surface area (Å²) in [6.45, 7) is -0.176. The van der Waals surface area contributed by atoms with Gasteiger partial charge in [-0.3, -0.25) is 4.57 Å². The standard InChI is InChI=1S/C17H15ClN4O4/c18-14-11-15(20-7-19-14)22(8-21-11)16-13-12(10(6-23)24-16)25-17(26-13)9-4-2-1-3-5-9/h1-5,7-8,10,12-13,16-17,23H,6H2/t10-,12-,13-,16-,17-/m1/s1. The van der Waals surface area contributed by atoms with Crippen LogP contribution in [0.1, 0.15) is 18.1 Å². The van der Waals surface area contributed by atoms with Crippen molar-refractivity contribution in [3.05, 3.63) is 53.7 Å². The van der Waals surface area contributed by atoms with Crippen molar-refractivity contribution in [2.24, 2.45) is 0 Å². The predicted octanol–water partition coefficient (Wildman–Crippen LogP) is 1.85. The van der Waals surface area contributed by atoms with E-state index < -0.39 is 30.8 Å². The van der Waals surface area contributed by atoms with Gasteiger partial charge < -0.3 is 19.3 Å². The van der Waals surface area contributed by atoms with E-state index in [0.717, 1.165) is 5.56 Å². The highest BCUT2D eigenvalue weighted by atomic mass is 35.5. The Balaban J connectivity index is 1.51. The normalized spacial score (nSPS) is 30.8. The Labute approximate surface area is 153 Å². The van der Waals surface area contributed by atoms with E-state index in [1.165, 1.54) is 6.33 Å². The topological polar surface area (TPSA) is 91.5 Å². The highest BCUT2D eigenvalue weighted by molar-refractivity contribution is 6.33. The van der Waals surface area contributed by atoms with Crippen molar-refractivity contribution in [3.63, 3.8) is 0 Å². The Bertz CT molecular complexity index is 937. The molecule has 0 saturated carbocycles. The zero-order valence-corrected chi connectivity index (χ0v) is 14.2. The first-order chi connectivity index (χ1) is 12.8. The summed E-state index contributed by atoms with van der Waals surface area (Å²) >= 11 is 6.08. The quantitative estimate of drug-likeness (QED) is 0.699. The molecule has 0 radical (unpaired) electrons. The van der Waals surface area contributed by atoms with Crippen molar-refractivity contribution in [3.8, 4) is 0 Å². The van der Waals surface area contributed by atoms with Crippen LogP contribution in [0.15, 0.2) is 43.0 Å². The molecule has 8 nitrogen and oxygen atoms in total. The molecule has 26 heavy (non-hydrogen) atoms. The minimum Gasteiger partial charge on any atom is -0.394 e. The number of halogens is 1. The number of aliphatic hydroxyl groups is 1. The Kier molecular flexibility index (Phi) is 3.87. The SMILES string of the molecule is OC[C@H]1O[C@@H](n2cnc3c(Cl)ncnc32)[C@@H]2O[C@H](c3ccccc3)O[C@@H]21. The molecule has 0 aliphatic carbocycles. The average Bonchev–Trinajstić information content (AvgIpc) is 3.36. The van der Waals surface area contributed by atoms with E-state index in [9.17, 15) is 5.11 Å². The molecule has 5 atom stereocenters. The van der Waals surface area contributed by atoms with E-state index in [4.69, 9.17) is 25.8 Å². The zero-order valence-electron chi connectivity index (χ0n) is 13.5. The van der Waals surface area contributed by atoms with Crippen LogP contribution in [0, 0.1) is 0 Å². The van der Waals surface area contributed by atoms with Gasteiger partial charge in [0.1, 0.15) is 30.2 Å². The maximum Gasteiger partial charge on any atom is 0.185 e. The molecule has 1 N–H and O–H groups in total. The van der Waals surface area contributed by atoms with Crippen molar-refractivity contribution >= 4 is 22.8 Å². The summed E-state index contributed by atoms with van der Waals surface area (Å²) in [7, 11) is 0. The van der Waals surface area contributed by atoms with Gasteiger partial charge >= 0.3 is 0 Å². The van der Waals surface area contributed by atoms with E-state index in [1.807, 2.05) is 30.3 Å². The van der Waals surface area contributed by atoms with Crippen LogP contribution in [-0.2, 0) is 14.2 Å². The maximum absolute atomic E-state index is 9.71. The minimum atomic E-state index is -0.540. The molecule has 134 valence electrons. The smallest absolute Gasteiger partial charge is 0.185 e. The number of fused-ring (bicyclic) bond motifs is 2. The summed E-state index contributed by atoms with van der Waals surface area (Å²) in [5, 5.41) is 9.98. The molecule has 2 fully saturated rings. The molecule has 3 aromatic rings. The minimum absolute atomic E-state index is 0.176. The van der Waals surface area contributed by atoms with Crippen molar-refractivity contribution < 1.29 is 19.3 Å². The summed E-state index contributed by atoms with van der Waals surface area (Å²) < 4.78 is 19.9. The van der Waals surface area contributed by atoms with Crippen molar-refractivity contribution in [2.45, 2.75) is 30.8 Å². The number of hydrogen-bond acceptors (Lipinski definition) is 7. The lowest BCUT2D eigenvalue weighted by Crippen LogP contribution is -2.30. The number of aliphatic hydroxyl groups excluding tert-OH is 1. The largest absolute Gasteiger partial charge is 0.394 e. The van der Waals surface area contributed by atoms with Gasteiger partial charge in [-0.15, -0.1) is 0 Å². The molecule has 0 amide bonds. The van der Waals surface area contributed by atoms with Gasteiger partial charge in [0.15, 0.2) is 23.3 Å². The molecule has 1 aromatic carbocycles. The molecular weight excluding hydrogens is 360 g/mol. The predicted molar refractivity (Wildman–Crippen MR) is 90.3 cm³/mol. The Morgan fingerprint density at radius 3 is 2.65 bits per heavy atom. The van der Waals surface area contributed by atoms with Gasteiger partial charge in [0, 0.05) is 5.56 Å². The third kappa shape index (κ3) is 2.42. The van der Waals surface area contributed by atoms with Crippen LogP contribution >= 0.6 is 11.6 Å². The van der Waals surface area contributed by atoms with Crippen LogP contribution in [0.3, 0.4) is 0 Å². The fourth-order valence-electron chi connectivity index (χ4n) is 3.48. The lowest BCUT2D eigenvalue weighted by Gasteiger charge is -2.20. The van der Waals surface area contributed by atoms with Gasteiger partial charge in [0.05, 0.1) is 12.9 Å². The molecule has 4 heterocycles. The van der Waals surface area contributed by atoms with Crippen LogP contribution < -0.4 is 0 Å². The number of imidazole rings is 1. The second-order valence-electron chi connectivity index (χ2n) is 6.18. The van der Waals surface area contributed by atoms with Gasteiger partial charge in [0.2, 0.25) is 0 Å². The van der Waals surface area contributed by atoms with Crippen molar-refractivity contribution in [1.29, 1.82) is 0 Å². The van der Waals surface area contributed by atoms with Crippen LogP contribution in [0.4, 0.5) is 0 Å². The number of hydrogen-bond donors (Lipinski definition) is 1. The number of benzene rings is 1. The fourth-order valence-corrected chi connectivity index (χ4v) is 3.66. The molecule has 5 rings (SSSR count). The number of nitrogens with zero attached hydrogens (tertiary/aromatic N) is 4. The average molecular weight is 375 g/mol. The summed E-state index contributed by atoms with van der Waals surface area (Å²) in [6, 6.07) is 9.67. The molecule has 2 aliphatic rings. The second kappa shape index (κ2) is 6.26. The lowest BCUT2D eigenvalue weighted by molar-refractivity contribution is -0.153. The Morgan fingerprint density at radius 1 is 1.04 bits per heavy atom. The van der Waals surface area contributed by atoms with Gasteiger partial charge in [-0.2, -0.15) is 0 Å². The fraction of sp³-hybridized carbons (Fsp3) is 0.353. The van der Waals surface area contributed by atoms with Gasteiger partial charge in [-0.25, -0.2) is 15.0 Å². The van der Waals surface area contributed by atoms with Crippen LogP contribution in [0.25, 0.3) is 11.2 Å². The van der Waals surface area contributed by atoms with Crippen molar-refractivity contribution in [1.82, 2.24) is 19.5 Å². The first-order valence-corrected chi connectivity index (χ1v) is 8.59. The lowest BCUT2D eigenvalue weighted by atomic mass is 10.1. The van der Waals surface area contributed by atoms with Gasteiger partial charge in [-0.1, -0.05) is 41.9 Å². The maximum atomic E-state index is 9.71. The van der Waals surface area contributed by atoms with Gasteiger partial charge in [-0.05, 0) is 0 Å². The van der Waals surface area contributed by atoms with Gasteiger partial charge in [0.25, 0.3) is 0 Å². The molecule has 2 aliphatic heterocycles. The number of rotatable bonds is 3. The van der Waals surface area contributed by atoms with Crippen LogP contribution in [-0.4, -0.2) is 49.5 Å². The first-order valence-electron chi connectivity index (χ1n) is 8.21. The first kappa shape index (κ1) is 16.1. The van der Waals surface area contributed by atoms with E-state index in [-0.39, 0.29) is 11.8 Å². The number of ether oxygens (including phenoxy) is 3. The highest BCUT2D eigenvalue weighted by Crippen LogP contribution is 2.44. The molecule has 0 bridgehead atoms. The Hall–Kier alpha value is -2.10. The van der Waals surface area contributed by atoms with E-state index >= 15 is 0 Å². The molecule has 2 saturated heterocycles. The summed E-state index contributed by atoms with van der Waals surface area (Å²) in [6.07, 6.45) is 0.590. The van der Waals surface area contributed by atoms with E-state index in [2.05, 4.69) is 15.0 Å². The monoisotopic (exact) mass is 374 g/mol. The third-order valence-corrected chi connectivity index (χ3v) is 4.96. The summed E-state index contributed by atoms with van der Waals surface area (Å²) in [5.41, 5.74) is 1.94. The van der Waals surface area contributed by atoms with Crippen LogP contribution in [0.2, 0.25) is 5.15 Å². The van der Waals surface area contributed by atoms with E-state index in [1.54, 1.807) is 10.9 Å².